The fourth-order valence-corrected chi connectivity index (χ4v) is 2.24. The van der Waals surface area contributed by atoms with Crippen LogP contribution in [0.3, 0.4) is 0 Å². The summed E-state index contributed by atoms with van der Waals surface area (Å²) >= 11 is 0. The molecular formula is C16H17F2N7O. The molecular weight excluding hydrogens is 344 g/mol. The molecule has 0 saturated carbocycles. The first-order valence-electron chi connectivity index (χ1n) is 7.73. The molecule has 8 nitrogen and oxygen atoms in total. The summed E-state index contributed by atoms with van der Waals surface area (Å²) in [6.45, 7) is 2.06. The van der Waals surface area contributed by atoms with Crippen LogP contribution in [0.5, 0.6) is 0 Å². The number of anilines is 3. The van der Waals surface area contributed by atoms with Crippen LogP contribution in [0.2, 0.25) is 0 Å². The second kappa shape index (κ2) is 7.83. The number of aromatic amines is 1. The Morgan fingerprint density at radius 2 is 2.08 bits per heavy atom. The lowest BCUT2D eigenvalue weighted by atomic mass is 10.2. The normalized spacial score (nSPS) is 12.0. The molecule has 0 aliphatic carbocycles. The number of pyridine rings is 1. The van der Waals surface area contributed by atoms with Crippen molar-refractivity contribution in [2.75, 3.05) is 24.4 Å². The second-order valence-electron chi connectivity index (χ2n) is 5.50. The van der Waals surface area contributed by atoms with Gasteiger partial charge in [-0.3, -0.25) is 10.1 Å². The van der Waals surface area contributed by atoms with Crippen molar-refractivity contribution in [3.8, 4) is 0 Å². The van der Waals surface area contributed by atoms with Crippen molar-refractivity contribution < 1.29 is 13.5 Å². The molecule has 3 N–H and O–H groups in total. The summed E-state index contributed by atoms with van der Waals surface area (Å²) in [5.74, 6) is -0.505. The van der Waals surface area contributed by atoms with E-state index in [-0.39, 0.29) is 18.4 Å². The molecule has 26 heavy (non-hydrogen) atoms. The highest BCUT2D eigenvalue weighted by Gasteiger charge is 2.16. The van der Waals surface area contributed by atoms with Crippen molar-refractivity contribution in [1.82, 2.24) is 25.1 Å². The number of aryl methyl sites for hydroxylation is 1. The van der Waals surface area contributed by atoms with Crippen LogP contribution in [0.15, 0.2) is 30.6 Å². The Bertz CT molecular complexity index is 869. The molecule has 0 saturated heterocycles. The summed E-state index contributed by atoms with van der Waals surface area (Å²) in [5.41, 5.74) is 1.36. The fraction of sp³-hybridized carbons (Fsp3) is 0.250. The van der Waals surface area contributed by atoms with Gasteiger partial charge in [0.25, 0.3) is 0 Å². The van der Waals surface area contributed by atoms with Gasteiger partial charge in [0.1, 0.15) is 5.82 Å². The van der Waals surface area contributed by atoms with E-state index in [2.05, 4.69) is 35.8 Å². The van der Waals surface area contributed by atoms with Crippen LogP contribution in [0, 0.1) is 18.6 Å². The van der Waals surface area contributed by atoms with E-state index in [1.54, 1.807) is 6.07 Å². The number of hydrogen-bond acceptors (Lipinski definition) is 7. The molecule has 0 spiro atoms. The zero-order chi connectivity index (χ0) is 18.5. The fourth-order valence-electron chi connectivity index (χ4n) is 2.24. The SMILES string of the molecule is COC[C@@H](Nc1ncc(F)c(Nc2cc(C)[nH]n2)n1)c1ccc(F)cn1. The van der Waals surface area contributed by atoms with Crippen LogP contribution in [0.4, 0.5) is 26.4 Å². The van der Waals surface area contributed by atoms with Crippen molar-refractivity contribution in [1.29, 1.82) is 0 Å². The van der Waals surface area contributed by atoms with E-state index in [1.807, 2.05) is 6.92 Å². The van der Waals surface area contributed by atoms with E-state index < -0.39 is 17.7 Å². The lowest BCUT2D eigenvalue weighted by Gasteiger charge is -2.17. The predicted octanol–water partition coefficient (Wildman–Crippen LogP) is 2.72. The number of halogens is 2. The molecule has 0 bridgehead atoms. The van der Waals surface area contributed by atoms with E-state index in [0.717, 1.165) is 18.1 Å². The Hall–Kier alpha value is -3.14. The highest BCUT2D eigenvalue weighted by Crippen LogP contribution is 2.20. The number of nitrogens with one attached hydrogen (secondary N) is 3. The quantitative estimate of drug-likeness (QED) is 0.595. The molecule has 0 amide bonds. The van der Waals surface area contributed by atoms with Crippen molar-refractivity contribution in [2.24, 2.45) is 0 Å². The van der Waals surface area contributed by atoms with Gasteiger partial charge in [-0.05, 0) is 19.1 Å². The van der Waals surface area contributed by atoms with E-state index in [9.17, 15) is 8.78 Å². The Morgan fingerprint density at radius 3 is 2.73 bits per heavy atom. The number of nitrogens with zero attached hydrogens (tertiary/aromatic N) is 4. The van der Waals surface area contributed by atoms with Gasteiger partial charge in [-0.25, -0.2) is 13.8 Å². The smallest absolute Gasteiger partial charge is 0.225 e. The van der Waals surface area contributed by atoms with Gasteiger partial charge >= 0.3 is 0 Å². The first-order chi connectivity index (χ1) is 12.5. The molecule has 136 valence electrons. The molecule has 3 heterocycles. The monoisotopic (exact) mass is 361 g/mol. The molecule has 0 fully saturated rings. The molecule has 0 aliphatic rings. The minimum absolute atomic E-state index is 0.0303. The van der Waals surface area contributed by atoms with Crippen LogP contribution in [-0.2, 0) is 4.74 Å². The lowest BCUT2D eigenvalue weighted by Crippen LogP contribution is -2.19. The van der Waals surface area contributed by atoms with Crippen LogP contribution in [0.1, 0.15) is 17.4 Å². The molecule has 3 aromatic rings. The topological polar surface area (TPSA) is 101 Å². The molecule has 10 heteroatoms. The maximum atomic E-state index is 14.0. The second-order valence-corrected chi connectivity index (χ2v) is 5.50. The van der Waals surface area contributed by atoms with Gasteiger partial charge in [0.15, 0.2) is 17.5 Å². The van der Waals surface area contributed by atoms with Crippen molar-refractivity contribution in [3.63, 3.8) is 0 Å². The minimum Gasteiger partial charge on any atom is -0.382 e. The van der Waals surface area contributed by atoms with Crippen LogP contribution >= 0.6 is 0 Å². The number of ether oxygens (including phenoxy) is 1. The summed E-state index contributed by atoms with van der Waals surface area (Å²) in [7, 11) is 1.52. The zero-order valence-electron chi connectivity index (χ0n) is 14.1. The molecule has 1 atom stereocenters. The van der Waals surface area contributed by atoms with Crippen LogP contribution in [0.25, 0.3) is 0 Å². The van der Waals surface area contributed by atoms with Crippen LogP contribution in [-0.4, -0.2) is 38.9 Å². The van der Waals surface area contributed by atoms with E-state index in [0.29, 0.717) is 11.5 Å². The van der Waals surface area contributed by atoms with Gasteiger partial charge in [-0.2, -0.15) is 10.1 Å². The predicted molar refractivity (Wildman–Crippen MR) is 91.0 cm³/mol. The number of H-pyrrole nitrogens is 1. The van der Waals surface area contributed by atoms with Gasteiger partial charge in [-0.15, -0.1) is 0 Å². The van der Waals surface area contributed by atoms with E-state index in [1.165, 1.54) is 19.2 Å². The lowest BCUT2D eigenvalue weighted by molar-refractivity contribution is 0.185. The van der Waals surface area contributed by atoms with Gasteiger partial charge in [0.05, 0.1) is 30.7 Å². The molecule has 3 aromatic heterocycles. The minimum atomic E-state index is -0.626. The Labute approximate surface area is 148 Å². The molecule has 0 radical (unpaired) electrons. The van der Waals surface area contributed by atoms with Gasteiger partial charge < -0.3 is 15.4 Å². The summed E-state index contributed by atoms with van der Waals surface area (Å²) in [4.78, 5) is 12.1. The van der Waals surface area contributed by atoms with Crippen molar-refractivity contribution in [2.45, 2.75) is 13.0 Å². The number of methoxy groups -OCH3 is 1. The third kappa shape index (κ3) is 4.28. The Morgan fingerprint density at radius 1 is 1.23 bits per heavy atom. The highest BCUT2D eigenvalue weighted by atomic mass is 19.1. The maximum Gasteiger partial charge on any atom is 0.225 e. The molecule has 3 rings (SSSR count). The molecule has 0 aromatic carbocycles. The van der Waals surface area contributed by atoms with Crippen molar-refractivity contribution in [3.05, 3.63) is 53.6 Å². The maximum absolute atomic E-state index is 14.0. The largest absolute Gasteiger partial charge is 0.382 e. The third-order valence-corrected chi connectivity index (χ3v) is 3.44. The standard InChI is InChI=1S/C16H17F2N7O/c1-9-5-14(25-24-9)22-15-11(18)7-20-16(23-15)21-13(8-26-2)12-4-3-10(17)6-19-12/h3-7,13H,8H2,1-2H3,(H3,20,21,22,23,24,25)/t13-/m1/s1. The molecule has 0 unspecified atom stereocenters. The first kappa shape index (κ1) is 17.7. The summed E-state index contributed by atoms with van der Waals surface area (Å²) < 4.78 is 32.2. The van der Waals surface area contributed by atoms with E-state index in [4.69, 9.17) is 4.74 Å². The summed E-state index contributed by atoms with van der Waals surface area (Å²) in [5, 5.41) is 12.5. The average molecular weight is 361 g/mol. The third-order valence-electron chi connectivity index (χ3n) is 3.44. The van der Waals surface area contributed by atoms with Gasteiger partial charge in [0, 0.05) is 18.9 Å². The van der Waals surface area contributed by atoms with Gasteiger partial charge in [-0.1, -0.05) is 0 Å². The number of rotatable bonds is 7. The number of aromatic nitrogens is 5. The highest BCUT2D eigenvalue weighted by molar-refractivity contribution is 5.53. The first-order valence-corrected chi connectivity index (χ1v) is 7.73. The van der Waals surface area contributed by atoms with Crippen LogP contribution < -0.4 is 10.6 Å². The Balaban J connectivity index is 1.80. The van der Waals surface area contributed by atoms with E-state index >= 15 is 0 Å². The Kier molecular flexibility index (Phi) is 5.32. The van der Waals surface area contributed by atoms with Crippen molar-refractivity contribution >= 4 is 17.6 Å². The number of hydrogen-bond donors (Lipinski definition) is 3. The zero-order valence-corrected chi connectivity index (χ0v) is 14.1. The summed E-state index contributed by atoms with van der Waals surface area (Å²) in [6.07, 6.45) is 2.15. The van der Waals surface area contributed by atoms with Gasteiger partial charge in [0.2, 0.25) is 5.95 Å². The average Bonchev–Trinajstić information content (AvgIpc) is 3.03. The summed E-state index contributed by atoms with van der Waals surface area (Å²) in [6, 6.07) is 4.10. The molecule has 0 aliphatic heterocycles.